The van der Waals surface area contributed by atoms with Gasteiger partial charge < -0.3 is 14.9 Å². The van der Waals surface area contributed by atoms with Gasteiger partial charge in [-0.15, -0.1) is 0 Å². The molecule has 0 saturated heterocycles. The van der Waals surface area contributed by atoms with Crippen LogP contribution in [0.4, 0.5) is 5.69 Å². The van der Waals surface area contributed by atoms with Gasteiger partial charge in [-0.25, -0.2) is 0 Å². The fourth-order valence-electron chi connectivity index (χ4n) is 1.81. The minimum atomic E-state index is -0.532. The molecule has 21 heavy (non-hydrogen) atoms. The molecule has 1 aromatic carbocycles. The van der Waals surface area contributed by atoms with E-state index in [1.165, 1.54) is 12.1 Å². The second-order valence-electron chi connectivity index (χ2n) is 4.42. The minimum Gasteiger partial charge on any atom is -0.479 e. The van der Waals surface area contributed by atoms with Crippen LogP contribution in [0, 0.1) is 10.1 Å². The number of hydrogen-bond acceptors (Lipinski definition) is 5. The molecule has 2 aromatic rings. The Kier molecular flexibility index (Phi) is 5.19. The highest BCUT2D eigenvalue weighted by Crippen LogP contribution is 2.30. The lowest BCUT2D eigenvalue weighted by Gasteiger charge is -2.05. The van der Waals surface area contributed by atoms with Crippen LogP contribution in [-0.4, -0.2) is 11.5 Å². The highest BCUT2D eigenvalue weighted by molar-refractivity contribution is 6.30. The molecule has 0 fully saturated rings. The first-order valence-electron chi connectivity index (χ1n) is 6.44. The van der Waals surface area contributed by atoms with E-state index in [1.54, 1.807) is 12.1 Å². The SMILES string of the molecule is NCCCc1ccc(COc2ccc(Cl)cc2[N+](=O)[O-])o1. The number of nitro benzene ring substituents is 1. The van der Waals surface area contributed by atoms with Gasteiger partial charge in [0.1, 0.15) is 18.1 Å². The van der Waals surface area contributed by atoms with Gasteiger partial charge in [0.2, 0.25) is 0 Å². The smallest absolute Gasteiger partial charge is 0.312 e. The first kappa shape index (κ1) is 15.3. The van der Waals surface area contributed by atoms with Gasteiger partial charge in [0.05, 0.1) is 4.92 Å². The molecule has 2 N–H and O–H groups in total. The van der Waals surface area contributed by atoms with Gasteiger partial charge in [0.15, 0.2) is 5.75 Å². The summed E-state index contributed by atoms with van der Waals surface area (Å²) in [5.74, 6) is 1.58. The van der Waals surface area contributed by atoms with Gasteiger partial charge in [-0.2, -0.15) is 0 Å². The van der Waals surface area contributed by atoms with E-state index >= 15 is 0 Å². The average molecular weight is 311 g/mol. The lowest BCUT2D eigenvalue weighted by atomic mass is 10.2. The fraction of sp³-hybridized carbons (Fsp3) is 0.286. The highest BCUT2D eigenvalue weighted by Gasteiger charge is 2.16. The van der Waals surface area contributed by atoms with E-state index in [0.717, 1.165) is 18.6 Å². The van der Waals surface area contributed by atoms with Gasteiger partial charge in [-0.1, -0.05) is 11.6 Å². The largest absolute Gasteiger partial charge is 0.479 e. The predicted molar refractivity (Wildman–Crippen MR) is 78.5 cm³/mol. The van der Waals surface area contributed by atoms with Crippen molar-refractivity contribution in [2.24, 2.45) is 5.73 Å². The van der Waals surface area contributed by atoms with Crippen LogP contribution in [0.25, 0.3) is 0 Å². The quantitative estimate of drug-likeness (QED) is 0.625. The number of furan rings is 1. The zero-order valence-corrected chi connectivity index (χ0v) is 12.0. The monoisotopic (exact) mass is 310 g/mol. The number of ether oxygens (including phenoxy) is 1. The molecular formula is C14H15ClN2O4. The van der Waals surface area contributed by atoms with Crippen molar-refractivity contribution in [3.8, 4) is 5.75 Å². The maximum absolute atomic E-state index is 10.9. The first-order valence-corrected chi connectivity index (χ1v) is 6.82. The highest BCUT2D eigenvalue weighted by atomic mass is 35.5. The molecule has 112 valence electrons. The van der Waals surface area contributed by atoms with Crippen LogP contribution in [0.3, 0.4) is 0 Å². The van der Waals surface area contributed by atoms with Crippen molar-refractivity contribution in [2.45, 2.75) is 19.4 Å². The molecule has 0 spiro atoms. The molecule has 0 radical (unpaired) electrons. The number of nitrogens with two attached hydrogens (primary N) is 1. The number of hydrogen-bond donors (Lipinski definition) is 1. The summed E-state index contributed by atoms with van der Waals surface area (Å²) in [5, 5.41) is 11.2. The zero-order chi connectivity index (χ0) is 15.2. The Labute approximate surface area is 126 Å². The number of halogens is 1. The van der Waals surface area contributed by atoms with Crippen LogP contribution >= 0.6 is 11.6 Å². The second-order valence-corrected chi connectivity index (χ2v) is 4.85. The number of benzene rings is 1. The van der Waals surface area contributed by atoms with Crippen molar-refractivity contribution < 1.29 is 14.1 Å². The van der Waals surface area contributed by atoms with E-state index in [2.05, 4.69) is 0 Å². The van der Waals surface area contributed by atoms with Crippen molar-refractivity contribution in [3.05, 3.63) is 57.0 Å². The molecule has 0 aliphatic heterocycles. The number of aryl methyl sites for hydroxylation is 1. The molecule has 0 unspecified atom stereocenters. The molecule has 2 rings (SSSR count). The molecule has 1 aromatic heterocycles. The van der Waals surface area contributed by atoms with Crippen molar-refractivity contribution in [3.63, 3.8) is 0 Å². The summed E-state index contributed by atoms with van der Waals surface area (Å²) in [4.78, 5) is 10.4. The van der Waals surface area contributed by atoms with Crippen LogP contribution in [0.5, 0.6) is 5.75 Å². The molecule has 0 atom stereocenters. The molecular weight excluding hydrogens is 296 g/mol. The van der Waals surface area contributed by atoms with Crippen LogP contribution in [0.1, 0.15) is 17.9 Å². The fourth-order valence-corrected chi connectivity index (χ4v) is 1.98. The minimum absolute atomic E-state index is 0.116. The normalized spacial score (nSPS) is 10.6. The van der Waals surface area contributed by atoms with E-state index in [1.807, 2.05) is 6.07 Å². The maximum Gasteiger partial charge on any atom is 0.312 e. The van der Waals surface area contributed by atoms with Crippen molar-refractivity contribution >= 4 is 17.3 Å². The van der Waals surface area contributed by atoms with Crippen LogP contribution < -0.4 is 10.5 Å². The first-order chi connectivity index (χ1) is 10.1. The zero-order valence-electron chi connectivity index (χ0n) is 11.3. The van der Waals surface area contributed by atoms with Crippen molar-refractivity contribution in [2.75, 3.05) is 6.54 Å². The lowest BCUT2D eigenvalue weighted by Crippen LogP contribution is -2.00. The Balaban J connectivity index is 2.03. The Morgan fingerprint density at radius 3 is 2.76 bits per heavy atom. The molecule has 7 heteroatoms. The van der Waals surface area contributed by atoms with Crippen LogP contribution in [0.15, 0.2) is 34.7 Å². The average Bonchev–Trinajstić information content (AvgIpc) is 2.91. The topological polar surface area (TPSA) is 91.5 Å². The third kappa shape index (κ3) is 4.21. The third-order valence-corrected chi connectivity index (χ3v) is 3.07. The summed E-state index contributed by atoms with van der Waals surface area (Å²) in [5.41, 5.74) is 5.26. The van der Waals surface area contributed by atoms with Crippen LogP contribution in [-0.2, 0) is 13.0 Å². The number of rotatable bonds is 7. The second kappa shape index (κ2) is 7.10. The van der Waals surface area contributed by atoms with Gasteiger partial charge in [0.25, 0.3) is 0 Å². The molecule has 0 aliphatic carbocycles. The molecule has 1 heterocycles. The van der Waals surface area contributed by atoms with Gasteiger partial charge in [0, 0.05) is 17.5 Å². The van der Waals surface area contributed by atoms with Gasteiger partial charge in [-0.05, 0) is 37.2 Å². The molecule has 0 aliphatic rings. The summed E-state index contributed by atoms with van der Waals surface area (Å²) in [7, 11) is 0. The lowest BCUT2D eigenvalue weighted by molar-refractivity contribution is -0.385. The summed E-state index contributed by atoms with van der Waals surface area (Å²) in [6, 6.07) is 7.90. The summed E-state index contributed by atoms with van der Waals surface area (Å²) < 4.78 is 11.0. The maximum atomic E-state index is 10.9. The van der Waals surface area contributed by atoms with Crippen molar-refractivity contribution in [1.82, 2.24) is 0 Å². The van der Waals surface area contributed by atoms with Crippen LogP contribution in [0.2, 0.25) is 5.02 Å². The van der Waals surface area contributed by atoms with E-state index < -0.39 is 4.92 Å². The number of nitro groups is 1. The summed E-state index contributed by atoms with van der Waals surface area (Å²) in [6.07, 6.45) is 1.61. The molecule has 6 nitrogen and oxygen atoms in total. The Bertz CT molecular complexity index is 627. The molecule has 0 amide bonds. The number of nitrogens with zero attached hydrogens (tertiary/aromatic N) is 1. The Morgan fingerprint density at radius 2 is 2.05 bits per heavy atom. The summed E-state index contributed by atoms with van der Waals surface area (Å²) in [6.45, 7) is 0.717. The van der Waals surface area contributed by atoms with Gasteiger partial charge in [-0.3, -0.25) is 10.1 Å². The van der Waals surface area contributed by atoms with Gasteiger partial charge >= 0.3 is 5.69 Å². The standard InChI is InChI=1S/C14H15ClN2O4/c15-10-3-6-14(13(8-10)17(18)19)20-9-12-5-4-11(21-12)2-1-7-16/h3-6,8H,1-2,7,9,16H2. The summed E-state index contributed by atoms with van der Waals surface area (Å²) >= 11 is 5.74. The molecule has 0 bridgehead atoms. The van der Waals surface area contributed by atoms with Crippen molar-refractivity contribution in [1.29, 1.82) is 0 Å². The van der Waals surface area contributed by atoms with E-state index in [-0.39, 0.29) is 23.1 Å². The Hall–Kier alpha value is -2.05. The predicted octanol–water partition coefficient (Wildman–Crippen LogP) is 3.31. The third-order valence-electron chi connectivity index (χ3n) is 2.83. The van der Waals surface area contributed by atoms with E-state index in [4.69, 9.17) is 26.5 Å². The van der Waals surface area contributed by atoms with E-state index in [9.17, 15) is 10.1 Å². The Morgan fingerprint density at radius 1 is 1.29 bits per heavy atom. The molecule has 0 saturated carbocycles. The van der Waals surface area contributed by atoms with E-state index in [0.29, 0.717) is 12.3 Å².